The van der Waals surface area contributed by atoms with Crippen LogP contribution in [0.25, 0.3) is 0 Å². The lowest BCUT2D eigenvalue weighted by Crippen LogP contribution is -2.32. The second-order valence-electron chi connectivity index (χ2n) is 2.80. The van der Waals surface area contributed by atoms with Gasteiger partial charge in [-0.2, -0.15) is 13.2 Å². The molecule has 0 radical (unpaired) electrons. The molecule has 1 aromatic heterocycles. The number of nitrogens with two attached hydrogens (primary N) is 1. The fraction of sp³-hybridized carbons (Fsp3) is 0.250. The molecule has 0 atom stereocenters. The first-order valence-corrected chi connectivity index (χ1v) is 3.87. The third-order valence-electron chi connectivity index (χ3n) is 1.65. The molecular formula is C8H7F3N2O2. The highest BCUT2D eigenvalue weighted by atomic mass is 19.4. The van der Waals surface area contributed by atoms with E-state index in [9.17, 15) is 22.8 Å². The largest absolute Gasteiger partial charge is 0.431 e. The lowest BCUT2D eigenvalue weighted by atomic mass is 10.3. The van der Waals surface area contributed by atoms with Gasteiger partial charge in [-0.1, -0.05) is 6.07 Å². The number of alkyl halides is 3. The number of hydrogen-bond acceptors (Lipinski definition) is 2. The van der Waals surface area contributed by atoms with Crippen LogP contribution in [0.2, 0.25) is 0 Å². The van der Waals surface area contributed by atoms with Gasteiger partial charge in [-0.05, 0) is 6.07 Å². The molecule has 0 fully saturated rings. The molecule has 1 aromatic rings. The van der Waals surface area contributed by atoms with Crippen molar-refractivity contribution in [1.29, 1.82) is 0 Å². The molecule has 7 heteroatoms. The summed E-state index contributed by atoms with van der Waals surface area (Å²) < 4.78 is 37.4. The van der Waals surface area contributed by atoms with Crippen molar-refractivity contribution in [2.45, 2.75) is 12.7 Å². The lowest BCUT2D eigenvalue weighted by molar-refractivity contribution is -0.144. The van der Waals surface area contributed by atoms with Crippen molar-refractivity contribution < 1.29 is 18.0 Å². The van der Waals surface area contributed by atoms with Crippen LogP contribution >= 0.6 is 0 Å². The van der Waals surface area contributed by atoms with Gasteiger partial charge in [-0.25, -0.2) is 0 Å². The Morgan fingerprint density at radius 3 is 2.47 bits per heavy atom. The Hall–Kier alpha value is -1.79. The molecule has 0 aliphatic heterocycles. The van der Waals surface area contributed by atoms with Crippen LogP contribution in [0.1, 0.15) is 5.69 Å². The molecule has 1 heterocycles. The fourth-order valence-corrected chi connectivity index (χ4v) is 1.09. The fourth-order valence-electron chi connectivity index (χ4n) is 1.09. The van der Waals surface area contributed by atoms with E-state index in [1.54, 1.807) is 0 Å². The summed E-state index contributed by atoms with van der Waals surface area (Å²) in [6.45, 7) is -0.783. The predicted octanol–water partition coefficient (Wildman–Crippen LogP) is 0.352. The first kappa shape index (κ1) is 11.3. The van der Waals surface area contributed by atoms with Gasteiger partial charge in [0.25, 0.3) is 5.56 Å². The van der Waals surface area contributed by atoms with Crippen LogP contribution in [-0.2, 0) is 17.5 Å². The van der Waals surface area contributed by atoms with E-state index in [2.05, 4.69) is 0 Å². The molecule has 0 saturated carbocycles. The maximum absolute atomic E-state index is 12.4. The maximum atomic E-state index is 12.4. The molecule has 0 saturated heterocycles. The SMILES string of the molecule is NC(=O)Cn1c(C(F)(F)F)cccc1=O. The molecule has 0 aliphatic rings. The summed E-state index contributed by atoms with van der Waals surface area (Å²) in [5.41, 5.74) is 2.64. The van der Waals surface area contributed by atoms with Gasteiger partial charge in [0.1, 0.15) is 12.2 Å². The Morgan fingerprint density at radius 2 is 2.00 bits per heavy atom. The lowest BCUT2D eigenvalue weighted by Gasteiger charge is -2.13. The smallest absolute Gasteiger partial charge is 0.368 e. The van der Waals surface area contributed by atoms with Gasteiger partial charge in [0.15, 0.2) is 0 Å². The van der Waals surface area contributed by atoms with Crippen molar-refractivity contribution in [3.63, 3.8) is 0 Å². The summed E-state index contributed by atoms with van der Waals surface area (Å²) in [7, 11) is 0. The third kappa shape index (κ3) is 2.58. The standard InChI is InChI=1S/C8H7F3N2O2/c9-8(10,11)5-2-1-3-7(15)13(5)4-6(12)14/h1-3H,4H2,(H2,12,14). The quantitative estimate of drug-likeness (QED) is 0.781. The predicted molar refractivity (Wildman–Crippen MR) is 44.9 cm³/mol. The van der Waals surface area contributed by atoms with Gasteiger partial charge in [0.2, 0.25) is 5.91 Å². The van der Waals surface area contributed by atoms with Crippen molar-refractivity contribution in [3.8, 4) is 0 Å². The number of aromatic nitrogens is 1. The number of carbonyl (C=O) groups is 1. The van der Waals surface area contributed by atoms with E-state index in [0.29, 0.717) is 10.6 Å². The monoisotopic (exact) mass is 220 g/mol. The summed E-state index contributed by atoms with van der Waals surface area (Å²) in [6.07, 6.45) is -4.68. The van der Waals surface area contributed by atoms with Crippen molar-refractivity contribution in [3.05, 3.63) is 34.2 Å². The zero-order valence-corrected chi connectivity index (χ0v) is 7.41. The van der Waals surface area contributed by atoms with Crippen LogP contribution in [0, 0.1) is 0 Å². The first-order chi connectivity index (χ1) is 6.82. The van der Waals surface area contributed by atoms with Crippen LogP contribution in [-0.4, -0.2) is 10.5 Å². The molecule has 2 N–H and O–H groups in total. The van der Waals surface area contributed by atoms with E-state index >= 15 is 0 Å². The number of carbonyl (C=O) groups excluding carboxylic acids is 1. The van der Waals surface area contributed by atoms with Crippen molar-refractivity contribution >= 4 is 5.91 Å². The molecule has 0 unspecified atom stereocenters. The highest BCUT2D eigenvalue weighted by molar-refractivity contribution is 5.73. The van der Waals surface area contributed by atoms with E-state index in [1.165, 1.54) is 0 Å². The van der Waals surface area contributed by atoms with Crippen LogP contribution < -0.4 is 11.3 Å². The number of amides is 1. The van der Waals surface area contributed by atoms with Crippen molar-refractivity contribution in [2.75, 3.05) is 0 Å². The molecule has 82 valence electrons. The van der Waals surface area contributed by atoms with Gasteiger partial charge in [-0.3, -0.25) is 14.2 Å². The minimum absolute atomic E-state index is 0.294. The molecule has 0 aliphatic carbocycles. The minimum atomic E-state index is -4.68. The van der Waals surface area contributed by atoms with Crippen LogP contribution in [0.5, 0.6) is 0 Å². The van der Waals surface area contributed by atoms with E-state index in [1.807, 2.05) is 0 Å². The Morgan fingerprint density at radius 1 is 1.40 bits per heavy atom. The topological polar surface area (TPSA) is 65.1 Å². The zero-order valence-electron chi connectivity index (χ0n) is 7.41. The van der Waals surface area contributed by atoms with Crippen LogP contribution in [0.15, 0.2) is 23.0 Å². The number of rotatable bonds is 2. The normalized spacial score (nSPS) is 11.4. The number of halogens is 3. The van der Waals surface area contributed by atoms with Gasteiger partial charge in [0, 0.05) is 6.07 Å². The van der Waals surface area contributed by atoms with E-state index in [0.717, 1.165) is 12.1 Å². The average molecular weight is 220 g/mol. The van der Waals surface area contributed by atoms with Gasteiger partial charge >= 0.3 is 6.18 Å². The molecule has 1 amide bonds. The van der Waals surface area contributed by atoms with Gasteiger partial charge in [-0.15, -0.1) is 0 Å². The molecule has 4 nitrogen and oxygen atoms in total. The average Bonchev–Trinajstić information content (AvgIpc) is 2.05. The second kappa shape index (κ2) is 3.76. The van der Waals surface area contributed by atoms with E-state index < -0.39 is 29.9 Å². The number of nitrogens with zero attached hydrogens (tertiary/aromatic N) is 1. The number of primary amides is 1. The Balaban J connectivity index is 3.33. The summed E-state index contributed by atoms with van der Waals surface area (Å²) in [5.74, 6) is -1.01. The Bertz CT molecular complexity index is 436. The highest BCUT2D eigenvalue weighted by Gasteiger charge is 2.34. The second-order valence-corrected chi connectivity index (χ2v) is 2.80. The Labute approximate surface area is 82.1 Å². The number of hydrogen-bond donors (Lipinski definition) is 1. The molecule has 15 heavy (non-hydrogen) atoms. The Kier molecular flexibility index (Phi) is 2.83. The van der Waals surface area contributed by atoms with Crippen LogP contribution in [0.4, 0.5) is 13.2 Å². The van der Waals surface area contributed by atoms with Gasteiger partial charge in [0.05, 0.1) is 0 Å². The molecule has 0 aromatic carbocycles. The summed E-state index contributed by atoms with van der Waals surface area (Å²) >= 11 is 0. The minimum Gasteiger partial charge on any atom is -0.368 e. The van der Waals surface area contributed by atoms with Crippen LogP contribution in [0.3, 0.4) is 0 Å². The summed E-state index contributed by atoms with van der Waals surface area (Å²) in [5, 5.41) is 0. The summed E-state index contributed by atoms with van der Waals surface area (Å²) in [6, 6.07) is 2.62. The van der Waals surface area contributed by atoms with Crippen molar-refractivity contribution in [1.82, 2.24) is 4.57 Å². The van der Waals surface area contributed by atoms with Crippen molar-refractivity contribution in [2.24, 2.45) is 5.73 Å². The summed E-state index contributed by atoms with van der Waals surface area (Å²) in [4.78, 5) is 21.6. The number of pyridine rings is 1. The zero-order chi connectivity index (χ0) is 11.6. The van der Waals surface area contributed by atoms with Gasteiger partial charge < -0.3 is 5.73 Å². The third-order valence-corrected chi connectivity index (χ3v) is 1.65. The molecule has 1 rings (SSSR count). The molecule has 0 spiro atoms. The van der Waals surface area contributed by atoms with E-state index in [4.69, 9.17) is 5.73 Å². The highest BCUT2D eigenvalue weighted by Crippen LogP contribution is 2.27. The van der Waals surface area contributed by atoms with E-state index in [-0.39, 0.29) is 0 Å². The molecule has 0 bridgehead atoms. The molecular weight excluding hydrogens is 213 g/mol. The maximum Gasteiger partial charge on any atom is 0.431 e. The first-order valence-electron chi connectivity index (χ1n) is 3.87.